The van der Waals surface area contributed by atoms with Crippen molar-refractivity contribution in [2.75, 3.05) is 0 Å². The number of benzene rings is 1. The average molecular weight is 218 g/mol. The van der Waals surface area contributed by atoms with Gasteiger partial charge in [-0.2, -0.15) is 0 Å². The maximum atomic E-state index is 5.69. The van der Waals surface area contributed by atoms with Crippen LogP contribution >= 0.6 is 0 Å². The Morgan fingerprint density at radius 1 is 1.25 bits per heavy atom. The second-order valence-corrected chi connectivity index (χ2v) is 5.93. The van der Waals surface area contributed by atoms with Crippen LogP contribution in [0.15, 0.2) is 30.3 Å². The van der Waals surface area contributed by atoms with Crippen LogP contribution in [0.5, 0.6) is 0 Å². The lowest BCUT2D eigenvalue weighted by Crippen LogP contribution is -2.46. The number of hydrogen-bond acceptors (Lipinski definition) is 2. The lowest BCUT2D eigenvalue weighted by Gasteiger charge is -2.30. The molecule has 2 nitrogen and oxygen atoms in total. The second kappa shape index (κ2) is 4.19. The summed E-state index contributed by atoms with van der Waals surface area (Å²) >= 11 is 0. The first-order chi connectivity index (χ1) is 7.54. The molecule has 1 aromatic carbocycles. The zero-order valence-corrected chi connectivity index (χ0v) is 10.4. The first-order valence-electron chi connectivity index (χ1n) is 6.05. The van der Waals surface area contributed by atoms with E-state index in [-0.39, 0.29) is 5.41 Å². The van der Waals surface area contributed by atoms with Crippen molar-refractivity contribution >= 4 is 0 Å². The van der Waals surface area contributed by atoms with Gasteiger partial charge in [0.15, 0.2) is 0 Å². The normalized spacial score (nSPS) is 26.5. The summed E-state index contributed by atoms with van der Waals surface area (Å²) in [6, 6.07) is 11.2. The summed E-state index contributed by atoms with van der Waals surface area (Å²) in [6.45, 7) is 6.74. The smallest absolute Gasteiger partial charge is 0.0293 e. The molecule has 2 heteroatoms. The number of hydrogen-bond donors (Lipinski definition) is 2. The van der Waals surface area contributed by atoms with Gasteiger partial charge >= 0.3 is 0 Å². The number of nitrogens with one attached hydrogen (secondary N) is 1. The van der Waals surface area contributed by atoms with Gasteiger partial charge in [0.1, 0.15) is 0 Å². The van der Waals surface area contributed by atoms with Crippen molar-refractivity contribution < 1.29 is 0 Å². The molecule has 3 atom stereocenters. The predicted molar refractivity (Wildman–Crippen MR) is 67.9 cm³/mol. The van der Waals surface area contributed by atoms with Crippen molar-refractivity contribution in [3.8, 4) is 0 Å². The molecule has 0 heterocycles. The van der Waals surface area contributed by atoms with Gasteiger partial charge in [0.2, 0.25) is 0 Å². The van der Waals surface area contributed by atoms with Gasteiger partial charge in [-0.25, -0.2) is 0 Å². The van der Waals surface area contributed by atoms with Gasteiger partial charge in [0.05, 0.1) is 0 Å². The molecule has 0 radical (unpaired) electrons. The Morgan fingerprint density at radius 3 is 2.38 bits per heavy atom. The van der Waals surface area contributed by atoms with E-state index in [1.807, 2.05) is 0 Å². The standard InChI is InChI=1S/C14H22N2/c1-14(2,3)13(16-15)12-9-11(12)10-7-5-4-6-8-10/h4-8,11-13,16H,9,15H2,1-3H3. The molecule has 1 aliphatic carbocycles. The fourth-order valence-electron chi connectivity index (χ4n) is 2.68. The minimum absolute atomic E-state index is 0.225. The molecule has 16 heavy (non-hydrogen) atoms. The third kappa shape index (κ3) is 2.28. The highest BCUT2D eigenvalue weighted by atomic mass is 15.2. The molecule has 0 bridgehead atoms. The van der Waals surface area contributed by atoms with Gasteiger partial charge in [0, 0.05) is 6.04 Å². The maximum absolute atomic E-state index is 5.69. The molecule has 2 rings (SSSR count). The molecule has 0 spiro atoms. The lowest BCUT2D eigenvalue weighted by molar-refractivity contribution is 0.241. The number of hydrazine groups is 1. The highest BCUT2D eigenvalue weighted by molar-refractivity contribution is 5.27. The van der Waals surface area contributed by atoms with Crippen LogP contribution < -0.4 is 11.3 Å². The van der Waals surface area contributed by atoms with E-state index >= 15 is 0 Å². The summed E-state index contributed by atoms with van der Waals surface area (Å²) in [5, 5.41) is 0. The van der Waals surface area contributed by atoms with Gasteiger partial charge < -0.3 is 0 Å². The molecule has 0 saturated heterocycles. The fourth-order valence-corrected chi connectivity index (χ4v) is 2.68. The summed E-state index contributed by atoms with van der Waals surface area (Å²) in [4.78, 5) is 0. The van der Waals surface area contributed by atoms with Gasteiger partial charge in [-0.1, -0.05) is 51.1 Å². The molecular formula is C14H22N2. The summed E-state index contributed by atoms with van der Waals surface area (Å²) in [5.41, 5.74) is 4.68. The highest BCUT2D eigenvalue weighted by Crippen LogP contribution is 2.52. The van der Waals surface area contributed by atoms with Crippen LogP contribution in [0.2, 0.25) is 0 Å². The van der Waals surface area contributed by atoms with Crippen LogP contribution in [0.25, 0.3) is 0 Å². The Kier molecular flexibility index (Phi) is 3.04. The fraction of sp³-hybridized carbons (Fsp3) is 0.571. The van der Waals surface area contributed by atoms with Crippen LogP contribution in [0.4, 0.5) is 0 Å². The van der Waals surface area contributed by atoms with Crippen LogP contribution in [0.1, 0.15) is 38.7 Å². The van der Waals surface area contributed by atoms with Gasteiger partial charge in [-0.15, -0.1) is 0 Å². The van der Waals surface area contributed by atoms with E-state index in [9.17, 15) is 0 Å². The third-order valence-corrected chi connectivity index (χ3v) is 3.61. The average Bonchev–Trinajstić information content (AvgIpc) is 2.98. The molecule has 0 amide bonds. The molecule has 1 aromatic rings. The van der Waals surface area contributed by atoms with Crippen LogP contribution in [0, 0.1) is 11.3 Å². The zero-order chi connectivity index (χ0) is 11.8. The molecule has 3 N–H and O–H groups in total. The lowest BCUT2D eigenvalue weighted by atomic mass is 9.83. The predicted octanol–water partition coefficient (Wildman–Crippen LogP) is 2.67. The van der Waals surface area contributed by atoms with E-state index in [0.29, 0.717) is 17.9 Å². The Balaban J connectivity index is 2.06. The van der Waals surface area contributed by atoms with Crippen molar-refractivity contribution in [2.45, 2.75) is 39.2 Å². The van der Waals surface area contributed by atoms with Crippen LogP contribution in [-0.4, -0.2) is 6.04 Å². The summed E-state index contributed by atoms with van der Waals surface area (Å²) < 4.78 is 0. The first-order valence-corrected chi connectivity index (χ1v) is 6.05. The topological polar surface area (TPSA) is 38.0 Å². The van der Waals surface area contributed by atoms with Gasteiger partial charge in [-0.05, 0) is 29.2 Å². The monoisotopic (exact) mass is 218 g/mol. The van der Waals surface area contributed by atoms with Crippen molar-refractivity contribution in [2.24, 2.45) is 17.2 Å². The highest BCUT2D eigenvalue weighted by Gasteiger charge is 2.47. The van der Waals surface area contributed by atoms with Crippen molar-refractivity contribution in [3.05, 3.63) is 35.9 Å². The quantitative estimate of drug-likeness (QED) is 0.604. The number of rotatable bonds is 3. The van der Waals surface area contributed by atoms with E-state index in [4.69, 9.17) is 5.84 Å². The molecule has 0 aliphatic heterocycles. The van der Waals surface area contributed by atoms with Crippen molar-refractivity contribution in [3.63, 3.8) is 0 Å². The molecule has 0 aromatic heterocycles. The second-order valence-electron chi connectivity index (χ2n) is 5.93. The first kappa shape index (κ1) is 11.6. The van der Waals surface area contributed by atoms with Crippen LogP contribution in [-0.2, 0) is 0 Å². The summed E-state index contributed by atoms with van der Waals surface area (Å²) in [6.07, 6.45) is 1.26. The molecular weight excluding hydrogens is 196 g/mol. The molecule has 1 fully saturated rings. The van der Waals surface area contributed by atoms with Gasteiger partial charge in [-0.3, -0.25) is 11.3 Å². The minimum Gasteiger partial charge on any atom is -0.271 e. The van der Waals surface area contributed by atoms with E-state index < -0.39 is 0 Å². The Labute approximate surface area is 98.2 Å². The third-order valence-electron chi connectivity index (χ3n) is 3.61. The van der Waals surface area contributed by atoms with Crippen LogP contribution in [0.3, 0.4) is 0 Å². The minimum atomic E-state index is 0.225. The van der Waals surface area contributed by atoms with E-state index in [0.717, 1.165) is 0 Å². The molecule has 3 unspecified atom stereocenters. The van der Waals surface area contributed by atoms with Crippen molar-refractivity contribution in [1.82, 2.24) is 5.43 Å². The van der Waals surface area contributed by atoms with E-state index in [1.165, 1.54) is 12.0 Å². The maximum Gasteiger partial charge on any atom is 0.0293 e. The molecule has 1 aliphatic rings. The van der Waals surface area contributed by atoms with E-state index in [1.54, 1.807) is 0 Å². The molecule has 88 valence electrons. The largest absolute Gasteiger partial charge is 0.271 e. The van der Waals surface area contributed by atoms with Gasteiger partial charge in [0.25, 0.3) is 0 Å². The zero-order valence-electron chi connectivity index (χ0n) is 10.4. The Bertz CT molecular complexity index is 340. The summed E-state index contributed by atoms with van der Waals surface area (Å²) in [7, 11) is 0. The van der Waals surface area contributed by atoms with E-state index in [2.05, 4.69) is 56.5 Å². The number of nitrogens with two attached hydrogens (primary N) is 1. The van der Waals surface area contributed by atoms with Crippen molar-refractivity contribution in [1.29, 1.82) is 0 Å². The Morgan fingerprint density at radius 2 is 1.88 bits per heavy atom. The summed E-state index contributed by atoms with van der Waals surface area (Å²) in [5.74, 6) is 7.07. The molecule has 1 saturated carbocycles. The SMILES string of the molecule is CC(C)(C)C(NN)C1CC1c1ccccc1. The Hall–Kier alpha value is -0.860.